The number of hydrogen-bond donors (Lipinski definition) is 2. The molecule has 180 valence electrons. The molecule has 10 heteroatoms. The number of amides is 2. The largest absolute Gasteiger partial charge is 0.350 e. The van der Waals surface area contributed by atoms with Crippen molar-refractivity contribution in [2.24, 2.45) is 0 Å². The van der Waals surface area contributed by atoms with Crippen LogP contribution in [0.4, 0.5) is 25.0 Å². The van der Waals surface area contributed by atoms with Crippen LogP contribution < -0.4 is 10.4 Å². The van der Waals surface area contributed by atoms with E-state index in [4.69, 9.17) is 4.98 Å². The second kappa shape index (κ2) is 10.7. The normalized spacial score (nSPS) is 11.0. The second-order valence-electron chi connectivity index (χ2n) is 7.99. The van der Waals surface area contributed by atoms with Crippen LogP contribution in [0.1, 0.15) is 5.01 Å². The number of anilines is 2. The third-order valence-corrected chi connectivity index (χ3v) is 6.28. The number of nitrogens with one attached hydrogen (secondary N) is 1. The van der Waals surface area contributed by atoms with E-state index in [1.807, 2.05) is 32.3 Å². The van der Waals surface area contributed by atoms with Crippen molar-refractivity contribution in [2.75, 3.05) is 31.0 Å². The van der Waals surface area contributed by atoms with Crippen molar-refractivity contribution in [3.63, 3.8) is 0 Å². The van der Waals surface area contributed by atoms with Crippen LogP contribution in [0.5, 0.6) is 0 Å². The lowest BCUT2D eigenvalue weighted by molar-refractivity contribution is 0.216. The van der Waals surface area contributed by atoms with Gasteiger partial charge in [0.2, 0.25) is 0 Å². The van der Waals surface area contributed by atoms with Gasteiger partial charge in [-0.1, -0.05) is 12.1 Å². The molecule has 0 saturated heterocycles. The molecule has 2 heterocycles. The Balaban J connectivity index is 1.64. The number of likely N-dealkylation sites (N-methyl/N-ethyl adjacent to an activating group) is 1. The standard InChI is InChI=1S/C25H23F2N5O2S/c1-31(2)13-10-22-30-23(16-8-11-28-12-9-16)24(35-22)17-4-3-5-19(14-17)32(34)25(33)29-21-7-6-18(26)15-20(21)27/h3-9,11-12,14-15,34H,10,13H2,1-2H3,(H,29,33). The summed E-state index contributed by atoms with van der Waals surface area (Å²) >= 11 is 1.54. The fraction of sp³-hybridized carbons (Fsp3) is 0.160. The van der Waals surface area contributed by atoms with Crippen molar-refractivity contribution in [2.45, 2.75) is 6.42 Å². The number of carbonyl (C=O) groups excluding carboxylic acids is 1. The fourth-order valence-electron chi connectivity index (χ4n) is 3.35. The highest BCUT2D eigenvalue weighted by Gasteiger charge is 2.19. The minimum atomic E-state index is -0.988. The fourth-order valence-corrected chi connectivity index (χ4v) is 4.42. The van der Waals surface area contributed by atoms with Crippen molar-refractivity contribution < 1.29 is 18.8 Å². The molecule has 0 aliphatic carbocycles. The Morgan fingerprint density at radius 1 is 1.06 bits per heavy atom. The van der Waals surface area contributed by atoms with Gasteiger partial charge < -0.3 is 10.2 Å². The van der Waals surface area contributed by atoms with Gasteiger partial charge in [-0.3, -0.25) is 10.2 Å². The first-order valence-corrected chi connectivity index (χ1v) is 11.5. The maximum Gasteiger partial charge on any atom is 0.350 e. The number of benzene rings is 2. The third-order valence-electron chi connectivity index (χ3n) is 5.12. The van der Waals surface area contributed by atoms with Crippen LogP contribution in [0.15, 0.2) is 67.0 Å². The van der Waals surface area contributed by atoms with E-state index < -0.39 is 17.7 Å². The van der Waals surface area contributed by atoms with Crippen LogP contribution >= 0.6 is 11.3 Å². The van der Waals surface area contributed by atoms with E-state index in [9.17, 15) is 18.8 Å². The molecule has 0 aliphatic heterocycles. The highest BCUT2D eigenvalue weighted by molar-refractivity contribution is 7.15. The molecule has 4 rings (SSSR count). The minimum Gasteiger partial charge on any atom is -0.309 e. The first-order chi connectivity index (χ1) is 16.8. The van der Waals surface area contributed by atoms with E-state index in [0.717, 1.165) is 51.8 Å². The van der Waals surface area contributed by atoms with E-state index in [1.54, 1.807) is 41.9 Å². The average Bonchev–Trinajstić information content (AvgIpc) is 3.29. The van der Waals surface area contributed by atoms with Crippen LogP contribution in [0.2, 0.25) is 0 Å². The molecule has 0 aliphatic rings. The number of halogens is 2. The van der Waals surface area contributed by atoms with Crippen molar-refractivity contribution in [3.05, 3.63) is 83.6 Å². The first kappa shape index (κ1) is 24.4. The number of hydrogen-bond acceptors (Lipinski definition) is 6. The van der Waals surface area contributed by atoms with Crippen molar-refractivity contribution in [1.29, 1.82) is 0 Å². The Kier molecular flexibility index (Phi) is 7.45. The zero-order valence-electron chi connectivity index (χ0n) is 19.1. The zero-order chi connectivity index (χ0) is 24.9. The molecule has 0 unspecified atom stereocenters. The average molecular weight is 496 g/mol. The summed E-state index contributed by atoms with van der Waals surface area (Å²) in [6.45, 7) is 0.841. The number of nitrogens with zero attached hydrogens (tertiary/aromatic N) is 4. The van der Waals surface area contributed by atoms with E-state index in [0.29, 0.717) is 11.1 Å². The second-order valence-corrected chi connectivity index (χ2v) is 9.07. The summed E-state index contributed by atoms with van der Waals surface area (Å²) in [4.78, 5) is 24.4. The number of aromatic nitrogens is 2. The molecule has 2 aromatic carbocycles. The highest BCUT2D eigenvalue weighted by Crippen LogP contribution is 2.38. The summed E-state index contributed by atoms with van der Waals surface area (Å²) in [6, 6.07) is 12.3. The lowest BCUT2D eigenvalue weighted by Crippen LogP contribution is -2.32. The SMILES string of the molecule is CN(C)CCc1nc(-c2ccncc2)c(-c2cccc(N(O)C(=O)Nc3ccc(F)cc3F)c2)s1. The molecule has 0 atom stereocenters. The van der Waals surface area contributed by atoms with Gasteiger partial charge in [0, 0.05) is 37.0 Å². The summed E-state index contributed by atoms with van der Waals surface area (Å²) < 4.78 is 27.1. The molecule has 7 nitrogen and oxygen atoms in total. The quantitative estimate of drug-likeness (QED) is 0.255. The molecular weight excluding hydrogens is 472 g/mol. The van der Waals surface area contributed by atoms with E-state index in [2.05, 4.69) is 15.2 Å². The Morgan fingerprint density at radius 2 is 1.83 bits per heavy atom. The van der Waals surface area contributed by atoms with Crippen LogP contribution in [0, 0.1) is 11.6 Å². The summed E-state index contributed by atoms with van der Waals surface area (Å²) in [7, 11) is 4.00. The summed E-state index contributed by atoms with van der Waals surface area (Å²) in [6.07, 6.45) is 4.17. The van der Waals surface area contributed by atoms with Gasteiger partial charge in [-0.25, -0.2) is 18.6 Å². The summed E-state index contributed by atoms with van der Waals surface area (Å²) in [5.74, 6) is -1.72. The van der Waals surface area contributed by atoms with Gasteiger partial charge >= 0.3 is 6.03 Å². The topological polar surface area (TPSA) is 81.6 Å². The molecule has 35 heavy (non-hydrogen) atoms. The number of pyridine rings is 1. The van der Waals surface area contributed by atoms with Crippen molar-refractivity contribution >= 4 is 28.7 Å². The van der Waals surface area contributed by atoms with Gasteiger partial charge in [-0.05, 0) is 56.1 Å². The van der Waals surface area contributed by atoms with Crippen LogP contribution in [0.25, 0.3) is 21.7 Å². The van der Waals surface area contributed by atoms with Crippen LogP contribution in [0.3, 0.4) is 0 Å². The highest BCUT2D eigenvalue weighted by atomic mass is 32.1. The lowest BCUT2D eigenvalue weighted by atomic mass is 10.1. The smallest absolute Gasteiger partial charge is 0.309 e. The van der Waals surface area contributed by atoms with Gasteiger partial charge in [0.1, 0.15) is 11.6 Å². The van der Waals surface area contributed by atoms with Crippen molar-refractivity contribution in [3.8, 4) is 21.7 Å². The van der Waals surface area contributed by atoms with Crippen LogP contribution in [-0.4, -0.2) is 46.7 Å². The maximum atomic E-state index is 13.9. The van der Waals surface area contributed by atoms with E-state index in [-0.39, 0.29) is 11.4 Å². The van der Waals surface area contributed by atoms with Gasteiger partial charge in [0.15, 0.2) is 0 Å². The number of urea groups is 1. The maximum absolute atomic E-state index is 13.9. The predicted octanol–water partition coefficient (Wildman–Crippen LogP) is 5.68. The lowest BCUT2D eigenvalue weighted by Gasteiger charge is -2.17. The summed E-state index contributed by atoms with van der Waals surface area (Å²) in [5, 5.41) is 14.1. The van der Waals surface area contributed by atoms with Crippen molar-refractivity contribution in [1.82, 2.24) is 14.9 Å². The Hall–Kier alpha value is -3.73. The number of carbonyl (C=O) groups is 1. The number of thiazole rings is 1. The molecule has 2 amide bonds. The molecule has 2 aromatic heterocycles. The van der Waals surface area contributed by atoms with Gasteiger partial charge in [0.05, 0.1) is 27.0 Å². The molecule has 4 aromatic rings. The van der Waals surface area contributed by atoms with Gasteiger partial charge in [-0.2, -0.15) is 5.06 Å². The Morgan fingerprint density at radius 3 is 2.54 bits per heavy atom. The summed E-state index contributed by atoms with van der Waals surface area (Å²) in [5.41, 5.74) is 2.36. The van der Waals surface area contributed by atoms with Gasteiger partial charge in [0.25, 0.3) is 0 Å². The molecule has 0 radical (unpaired) electrons. The van der Waals surface area contributed by atoms with E-state index in [1.165, 1.54) is 0 Å². The zero-order valence-corrected chi connectivity index (χ0v) is 19.9. The van der Waals surface area contributed by atoms with Crippen LogP contribution in [-0.2, 0) is 6.42 Å². The third kappa shape index (κ3) is 5.86. The first-order valence-electron chi connectivity index (χ1n) is 10.7. The molecule has 0 saturated carbocycles. The molecular formula is C25H23F2N5O2S. The Labute approximate surface area is 205 Å². The number of hydroxylamine groups is 1. The molecule has 0 spiro atoms. The molecule has 2 N–H and O–H groups in total. The molecule has 0 fully saturated rings. The number of rotatable bonds is 7. The monoisotopic (exact) mass is 495 g/mol. The van der Waals surface area contributed by atoms with E-state index >= 15 is 0 Å². The molecule has 0 bridgehead atoms. The van der Waals surface area contributed by atoms with Gasteiger partial charge in [-0.15, -0.1) is 11.3 Å². The Bertz CT molecular complexity index is 1330. The predicted molar refractivity (Wildman–Crippen MR) is 133 cm³/mol. The minimum absolute atomic E-state index is 0.173.